The van der Waals surface area contributed by atoms with Crippen LogP contribution < -0.4 is 20.9 Å². The monoisotopic (exact) mass is 454 g/mol. The van der Waals surface area contributed by atoms with Gasteiger partial charge in [0.1, 0.15) is 0 Å². The van der Waals surface area contributed by atoms with Crippen LogP contribution in [0.3, 0.4) is 0 Å². The first-order valence-electron chi connectivity index (χ1n) is 9.94. The molecule has 5 rings (SSSR count). The fourth-order valence-corrected chi connectivity index (χ4v) is 4.18. The number of anilines is 4. The van der Waals surface area contributed by atoms with E-state index in [2.05, 4.69) is 57.3 Å². The molecule has 2 aromatic heterocycles. The summed E-state index contributed by atoms with van der Waals surface area (Å²) < 4.78 is 0.878. The number of fused-ring (bicyclic) bond motifs is 1. The van der Waals surface area contributed by atoms with Crippen LogP contribution >= 0.6 is 15.9 Å². The molecule has 0 spiro atoms. The normalized spacial score (nSPS) is 18.9. The lowest BCUT2D eigenvalue weighted by Crippen LogP contribution is -2.38. The number of aromatic nitrogens is 4. The second kappa shape index (κ2) is 7.62. The Kier molecular flexibility index (Phi) is 4.83. The van der Waals surface area contributed by atoms with Crippen molar-refractivity contribution < 1.29 is 0 Å². The van der Waals surface area contributed by atoms with E-state index in [-0.39, 0.29) is 0 Å². The van der Waals surface area contributed by atoms with Gasteiger partial charge in [0.05, 0.1) is 4.47 Å². The Morgan fingerprint density at radius 3 is 2.52 bits per heavy atom. The first kappa shape index (κ1) is 18.4. The number of hydrogen-bond donors (Lipinski definition) is 2. The van der Waals surface area contributed by atoms with Crippen molar-refractivity contribution in [1.82, 2.24) is 20.2 Å². The van der Waals surface area contributed by atoms with Crippen LogP contribution in [0.25, 0.3) is 10.8 Å². The number of hydrogen-bond acceptors (Lipinski definition) is 8. The van der Waals surface area contributed by atoms with E-state index in [1.807, 2.05) is 12.1 Å². The smallest absolute Gasteiger partial charge is 0.222 e. The van der Waals surface area contributed by atoms with Gasteiger partial charge in [-0.1, -0.05) is 0 Å². The predicted molar refractivity (Wildman–Crippen MR) is 119 cm³/mol. The highest BCUT2D eigenvalue weighted by Crippen LogP contribution is 2.35. The second-order valence-corrected chi connectivity index (χ2v) is 8.62. The number of halogens is 1. The summed E-state index contributed by atoms with van der Waals surface area (Å²) in [4.78, 5) is 13.2. The van der Waals surface area contributed by atoms with Crippen LogP contribution in [0.15, 0.2) is 35.1 Å². The summed E-state index contributed by atoms with van der Waals surface area (Å²) >= 11 is 3.36. The molecule has 2 aliphatic rings. The lowest BCUT2D eigenvalue weighted by molar-refractivity contribution is 0.607. The summed E-state index contributed by atoms with van der Waals surface area (Å²) in [6.45, 7) is 4.80. The number of nitrogens with zero attached hydrogens (tertiary/aromatic N) is 6. The Labute approximate surface area is 177 Å². The topological polar surface area (TPSA) is 96.1 Å². The van der Waals surface area contributed by atoms with Crippen molar-refractivity contribution in [3.05, 3.63) is 35.1 Å². The first-order valence-corrected chi connectivity index (χ1v) is 10.7. The zero-order valence-electron chi connectivity index (χ0n) is 16.1. The molecule has 29 heavy (non-hydrogen) atoms. The molecular formula is C20H23BrN8. The Morgan fingerprint density at radius 2 is 1.79 bits per heavy atom. The Bertz CT molecular complexity index is 1020. The Morgan fingerprint density at radius 1 is 1.03 bits per heavy atom. The van der Waals surface area contributed by atoms with Gasteiger partial charge in [0.25, 0.3) is 0 Å². The van der Waals surface area contributed by atoms with E-state index >= 15 is 0 Å². The minimum absolute atomic E-state index is 0.503. The lowest BCUT2D eigenvalue weighted by Gasteiger charge is -2.33. The number of rotatable bonds is 5. The van der Waals surface area contributed by atoms with Crippen LogP contribution in [0, 0.1) is 5.92 Å². The summed E-state index contributed by atoms with van der Waals surface area (Å²) in [7, 11) is 0. The van der Waals surface area contributed by atoms with E-state index in [0.717, 1.165) is 71.7 Å². The van der Waals surface area contributed by atoms with Crippen molar-refractivity contribution in [2.75, 3.05) is 53.6 Å². The van der Waals surface area contributed by atoms with E-state index < -0.39 is 0 Å². The van der Waals surface area contributed by atoms with Gasteiger partial charge in [-0.25, -0.2) is 9.97 Å². The largest absolute Gasteiger partial charge is 0.399 e. The van der Waals surface area contributed by atoms with Gasteiger partial charge in [-0.15, -0.1) is 10.2 Å². The van der Waals surface area contributed by atoms with E-state index in [1.54, 1.807) is 12.4 Å². The Hall–Kier alpha value is -2.68. The summed E-state index contributed by atoms with van der Waals surface area (Å²) in [5.74, 6) is 3.06. The van der Waals surface area contributed by atoms with Gasteiger partial charge >= 0.3 is 0 Å². The van der Waals surface area contributed by atoms with Crippen LogP contribution in [0.1, 0.15) is 12.8 Å². The van der Waals surface area contributed by atoms with Gasteiger partial charge in [0.15, 0.2) is 11.6 Å². The van der Waals surface area contributed by atoms with E-state index in [0.29, 0.717) is 11.9 Å². The quantitative estimate of drug-likeness (QED) is 0.567. The van der Waals surface area contributed by atoms with Crippen LogP contribution in [0.2, 0.25) is 0 Å². The predicted octanol–water partition coefficient (Wildman–Crippen LogP) is 2.91. The van der Waals surface area contributed by atoms with Crippen molar-refractivity contribution >= 4 is 50.0 Å². The summed E-state index contributed by atoms with van der Waals surface area (Å²) in [5, 5.41) is 14.8. The lowest BCUT2D eigenvalue weighted by atomic mass is 10.1. The van der Waals surface area contributed by atoms with E-state index in [9.17, 15) is 0 Å². The van der Waals surface area contributed by atoms with Gasteiger partial charge in [0, 0.05) is 61.6 Å². The molecule has 0 aliphatic carbocycles. The molecule has 1 atom stereocenters. The molecule has 150 valence electrons. The maximum Gasteiger partial charge on any atom is 0.222 e. The van der Waals surface area contributed by atoms with Crippen molar-refractivity contribution in [2.24, 2.45) is 5.92 Å². The number of nitrogens with two attached hydrogens (primary N) is 1. The zero-order chi connectivity index (χ0) is 19.8. The molecule has 1 unspecified atom stereocenters. The SMILES string of the molecule is Nc1ccc2c(N3CCC(CNc4ncc(Br)cn4)C3)nnc(N3CCC3)c2c1. The van der Waals surface area contributed by atoms with Crippen LogP contribution in [-0.2, 0) is 0 Å². The Balaban J connectivity index is 1.34. The van der Waals surface area contributed by atoms with Gasteiger partial charge in [-0.05, 0) is 52.9 Å². The fraction of sp³-hybridized carbons (Fsp3) is 0.400. The van der Waals surface area contributed by atoms with Crippen molar-refractivity contribution in [3.63, 3.8) is 0 Å². The van der Waals surface area contributed by atoms with E-state index in [4.69, 9.17) is 5.73 Å². The molecule has 0 amide bonds. The minimum Gasteiger partial charge on any atom is -0.399 e. The maximum absolute atomic E-state index is 6.08. The first-order chi connectivity index (χ1) is 14.2. The minimum atomic E-state index is 0.503. The second-order valence-electron chi connectivity index (χ2n) is 7.70. The van der Waals surface area contributed by atoms with Gasteiger partial charge in [0.2, 0.25) is 5.95 Å². The molecule has 0 radical (unpaired) electrons. The van der Waals surface area contributed by atoms with Crippen molar-refractivity contribution in [1.29, 1.82) is 0 Å². The molecule has 2 fully saturated rings. The maximum atomic E-state index is 6.08. The molecule has 0 bridgehead atoms. The number of benzene rings is 1. The van der Waals surface area contributed by atoms with Gasteiger partial charge < -0.3 is 20.9 Å². The fourth-order valence-electron chi connectivity index (χ4n) is 3.97. The van der Waals surface area contributed by atoms with Crippen LogP contribution in [-0.4, -0.2) is 52.9 Å². The van der Waals surface area contributed by atoms with Gasteiger partial charge in [-0.2, -0.15) is 0 Å². The zero-order valence-corrected chi connectivity index (χ0v) is 17.6. The highest BCUT2D eigenvalue weighted by molar-refractivity contribution is 9.10. The highest BCUT2D eigenvalue weighted by Gasteiger charge is 2.27. The highest BCUT2D eigenvalue weighted by atomic mass is 79.9. The third-order valence-corrected chi connectivity index (χ3v) is 6.08. The molecule has 3 N–H and O–H groups in total. The van der Waals surface area contributed by atoms with Crippen LogP contribution in [0.5, 0.6) is 0 Å². The van der Waals surface area contributed by atoms with Gasteiger partial charge in [-0.3, -0.25) is 0 Å². The van der Waals surface area contributed by atoms with Crippen molar-refractivity contribution in [2.45, 2.75) is 12.8 Å². The summed E-state index contributed by atoms with van der Waals surface area (Å²) in [6.07, 6.45) is 5.80. The number of nitrogen functional groups attached to an aromatic ring is 1. The molecule has 1 aromatic carbocycles. The molecule has 2 saturated heterocycles. The third-order valence-electron chi connectivity index (χ3n) is 5.68. The summed E-state index contributed by atoms with van der Waals surface area (Å²) in [5.41, 5.74) is 6.84. The van der Waals surface area contributed by atoms with E-state index in [1.165, 1.54) is 6.42 Å². The third kappa shape index (κ3) is 3.66. The average molecular weight is 455 g/mol. The molecule has 3 aromatic rings. The number of nitrogens with one attached hydrogen (secondary N) is 1. The molecule has 4 heterocycles. The average Bonchev–Trinajstić information content (AvgIpc) is 3.15. The molecule has 8 nitrogen and oxygen atoms in total. The molecular weight excluding hydrogens is 432 g/mol. The summed E-state index contributed by atoms with van der Waals surface area (Å²) in [6, 6.07) is 6.06. The molecule has 2 aliphatic heterocycles. The molecule has 0 saturated carbocycles. The van der Waals surface area contributed by atoms with Crippen molar-refractivity contribution in [3.8, 4) is 0 Å². The standard InChI is InChI=1S/C20H23BrN8/c21-14-10-24-20(25-11-14)23-9-13-4-7-29(12-13)18-16-3-2-15(22)8-17(16)19(27-26-18)28-5-1-6-28/h2-3,8,10-11,13H,1,4-7,9,12,22H2,(H,23,24,25). The molecule has 9 heteroatoms. The van der Waals surface area contributed by atoms with Crippen LogP contribution in [0.4, 0.5) is 23.3 Å².